The summed E-state index contributed by atoms with van der Waals surface area (Å²) in [6, 6.07) is 13.6. The van der Waals surface area contributed by atoms with Gasteiger partial charge in [0, 0.05) is 6.04 Å². The first kappa shape index (κ1) is 14.3. The second-order valence-corrected chi connectivity index (χ2v) is 5.94. The van der Waals surface area contributed by atoms with E-state index in [4.69, 9.17) is 4.74 Å². The van der Waals surface area contributed by atoms with Gasteiger partial charge in [0.2, 0.25) is 0 Å². The molecular weight excluding hydrogens is 258 g/mol. The zero-order valence-corrected chi connectivity index (χ0v) is 13.1. The lowest BCUT2D eigenvalue weighted by Crippen LogP contribution is -2.20. The minimum absolute atomic E-state index is 0.343. The molecular formula is C19H23NO. The lowest BCUT2D eigenvalue weighted by atomic mass is 9.92. The van der Waals surface area contributed by atoms with Gasteiger partial charge in [0.1, 0.15) is 0 Å². The average molecular weight is 281 g/mol. The number of benzene rings is 2. The molecule has 3 rings (SSSR count). The summed E-state index contributed by atoms with van der Waals surface area (Å²) in [5.41, 5.74) is 8.23. The summed E-state index contributed by atoms with van der Waals surface area (Å²) in [5.74, 6) is 0. The highest BCUT2D eigenvalue weighted by atomic mass is 16.5. The molecule has 1 unspecified atom stereocenters. The second kappa shape index (κ2) is 6.00. The van der Waals surface area contributed by atoms with Crippen LogP contribution in [0.25, 0.3) is 0 Å². The van der Waals surface area contributed by atoms with Gasteiger partial charge in [-0.25, -0.2) is 0 Å². The van der Waals surface area contributed by atoms with Crippen LogP contribution < -0.4 is 5.32 Å². The van der Waals surface area contributed by atoms with E-state index in [1.165, 1.54) is 33.4 Å². The van der Waals surface area contributed by atoms with Crippen LogP contribution in [-0.4, -0.2) is 7.05 Å². The van der Waals surface area contributed by atoms with E-state index in [1.54, 1.807) is 0 Å². The van der Waals surface area contributed by atoms with Crippen LogP contribution >= 0.6 is 0 Å². The van der Waals surface area contributed by atoms with E-state index in [9.17, 15) is 0 Å². The lowest BCUT2D eigenvalue weighted by Gasteiger charge is -2.20. The van der Waals surface area contributed by atoms with Crippen molar-refractivity contribution in [2.24, 2.45) is 0 Å². The van der Waals surface area contributed by atoms with Crippen molar-refractivity contribution in [3.05, 3.63) is 69.8 Å². The normalized spacial score (nSPS) is 15.0. The van der Waals surface area contributed by atoms with Crippen LogP contribution in [0.3, 0.4) is 0 Å². The highest BCUT2D eigenvalue weighted by Crippen LogP contribution is 2.27. The van der Waals surface area contributed by atoms with Gasteiger partial charge in [0.15, 0.2) is 0 Å². The first-order chi connectivity index (χ1) is 10.2. The van der Waals surface area contributed by atoms with Crippen molar-refractivity contribution in [3.8, 4) is 0 Å². The van der Waals surface area contributed by atoms with Crippen LogP contribution in [0.2, 0.25) is 0 Å². The molecule has 1 aliphatic heterocycles. The zero-order valence-electron chi connectivity index (χ0n) is 13.1. The van der Waals surface area contributed by atoms with Crippen molar-refractivity contribution in [1.82, 2.24) is 5.32 Å². The standard InChI is InChI=1S/C19H23NO/c1-13-5-4-6-14(2)18(13)10-19(20-3)15-7-8-16-11-21-12-17(16)9-15/h4-9,19-20H,10-12H2,1-3H3. The molecule has 0 amide bonds. The summed E-state index contributed by atoms with van der Waals surface area (Å²) in [6.45, 7) is 5.91. The quantitative estimate of drug-likeness (QED) is 0.919. The van der Waals surface area contributed by atoms with Crippen LogP contribution in [0.15, 0.2) is 36.4 Å². The maximum Gasteiger partial charge on any atom is 0.0725 e. The monoisotopic (exact) mass is 281 g/mol. The van der Waals surface area contributed by atoms with Gasteiger partial charge < -0.3 is 10.1 Å². The smallest absolute Gasteiger partial charge is 0.0725 e. The van der Waals surface area contributed by atoms with Gasteiger partial charge in [0.25, 0.3) is 0 Å². The fraction of sp³-hybridized carbons (Fsp3) is 0.368. The van der Waals surface area contributed by atoms with Crippen LogP contribution in [0.5, 0.6) is 0 Å². The van der Waals surface area contributed by atoms with Gasteiger partial charge in [0.05, 0.1) is 13.2 Å². The number of nitrogens with one attached hydrogen (secondary N) is 1. The first-order valence-electron chi connectivity index (χ1n) is 7.61. The van der Waals surface area contributed by atoms with Crippen LogP contribution in [0.4, 0.5) is 0 Å². The molecule has 21 heavy (non-hydrogen) atoms. The number of aryl methyl sites for hydroxylation is 2. The van der Waals surface area contributed by atoms with E-state index in [2.05, 4.69) is 55.6 Å². The summed E-state index contributed by atoms with van der Waals surface area (Å²) >= 11 is 0. The number of rotatable bonds is 4. The van der Waals surface area contributed by atoms with Gasteiger partial charge in [-0.05, 0) is 60.7 Å². The van der Waals surface area contributed by atoms with E-state index >= 15 is 0 Å². The third kappa shape index (κ3) is 2.87. The highest BCUT2D eigenvalue weighted by Gasteiger charge is 2.17. The molecule has 2 nitrogen and oxygen atoms in total. The zero-order chi connectivity index (χ0) is 14.8. The highest BCUT2D eigenvalue weighted by molar-refractivity contribution is 5.38. The third-order valence-electron chi connectivity index (χ3n) is 4.55. The van der Waals surface area contributed by atoms with E-state index < -0.39 is 0 Å². The lowest BCUT2D eigenvalue weighted by molar-refractivity contribution is 0.134. The van der Waals surface area contributed by atoms with E-state index in [0.717, 1.165) is 19.6 Å². The van der Waals surface area contributed by atoms with Gasteiger partial charge in [-0.2, -0.15) is 0 Å². The largest absolute Gasteiger partial charge is 0.372 e. The van der Waals surface area contributed by atoms with Gasteiger partial charge in [-0.1, -0.05) is 36.4 Å². The molecule has 2 aromatic carbocycles. The Hall–Kier alpha value is -1.64. The number of hydrogen-bond acceptors (Lipinski definition) is 2. The molecule has 0 saturated carbocycles. The molecule has 0 radical (unpaired) electrons. The Labute approximate surface area is 127 Å². The van der Waals surface area contributed by atoms with E-state index in [1.807, 2.05) is 7.05 Å². The summed E-state index contributed by atoms with van der Waals surface area (Å²) in [5, 5.41) is 3.47. The topological polar surface area (TPSA) is 21.3 Å². The molecule has 1 aliphatic rings. The fourth-order valence-corrected chi connectivity index (χ4v) is 3.17. The van der Waals surface area contributed by atoms with E-state index in [0.29, 0.717) is 6.04 Å². The molecule has 1 atom stereocenters. The Kier molecular flexibility index (Phi) is 4.09. The molecule has 110 valence electrons. The van der Waals surface area contributed by atoms with E-state index in [-0.39, 0.29) is 0 Å². The molecule has 0 aromatic heterocycles. The fourth-order valence-electron chi connectivity index (χ4n) is 3.17. The third-order valence-corrected chi connectivity index (χ3v) is 4.55. The van der Waals surface area contributed by atoms with Gasteiger partial charge in [-0.15, -0.1) is 0 Å². The van der Waals surface area contributed by atoms with Gasteiger partial charge in [-0.3, -0.25) is 0 Å². The Morgan fingerprint density at radius 2 is 1.76 bits per heavy atom. The predicted octanol–water partition coefficient (Wildman–Crippen LogP) is 3.84. The summed E-state index contributed by atoms with van der Waals surface area (Å²) in [4.78, 5) is 0. The summed E-state index contributed by atoms with van der Waals surface area (Å²) < 4.78 is 5.52. The van der Waals surface area contributed by atoms with Crippen molar-refractivity contribution in [3.63, 3.8) is 0 Å². The summed E-state index contributed by atoms with van der Waals surface area (Å²) in [6.07, 6.45) is 1.02. The van der Waals surface area contributed by atoms with Crippen molar-refractivity contribution in [2.75, 3.05) is 7.05 Å². The summed E-state index contributed by atoms with van der Waals surface area (Å²) in [7, 11) is 2.04. The molecule has 0 bridgehead atoms. The Bertz CT molecular complexity index is 628. The molecule has 0 aliphatic carbocycles. The van der Waals surface area contributed by atoms with Crippen LogP contribution in [0, 0.1) is 13.8 Å². The molecule has 2 heteroatoms. The van der Waals surface area contributed by atoms with Crippen molar-refractivity contribution in [1.29, 1.82) is 0 Å². The Balaban J connectivity index is 1.89. The number of fused-ring (bicyclic) bond motifs is 1. The molecule has 0 spiro atoms. The van der Waals surface area contributed by atoms with Crippen molar-refractivity contribution < 1.29 is 4.74 Å². The van der Waals surface area contributed by atoms with Gasteiger partial charge >= 0.3 is 0 Å². The van der Waals surface area contributed by atoms with Crippen molar-refractivity contribution in [2.45, 2.75) is 39.5 Å². The van der Waals surface area contributed by atoms with Crippen molar-refractivity contribution >= 4 is 0 Å². The molecule has 1 N–H and O–H groups in total. The van der Waals surface area contributed by atoms with Crippen LogP contribution in [-0.2, 0) is 24.4 Å². The number of likely N-dealkylation sites (N-methyl/N-ethyl adjacent to an activating group) is 1. The number of hydrogen-bond donors (Lipinski definition) is 1. The first-order valence-corrected chi connectivity index (χ1v) is 7.61. The second-order valence-electron chi connectivity index (χ2n) is 5.94. The average Bonchev–Trinajstić information content (AvgIpc) is 2.94. The predicted molar refractivity (Wildman–Crippen MR) is 86.4 cm³/mol. The minimum atomic E-state index is 0.343. The van der Waals surface area contributed by atoms with Crippen LogP contribution in [0.1, 0.15) is 39.4 Å². The SMILES string of the molecule is CNC(Cc1c(C)cccc1C)c1ccc2c(c1)COC2. The molecule has 1 heterocycles. The Morgan fingerprint density at radius 1 is 1.05 bits per heavy atom. The maximum atomic E-state index is 5.52. The molecule has 2 aromatic rings. The maximum absolute atomic E-state index is 5.52. The Morgan fingerprint density at radius 3 is 2.48 bits per heavy atom. The number of ether oxygens (including phenoxy) is 1. The minimum Gasteiger partial charge on any atom is -0.372 e. The molecule has 0 saturated heterocycles. The molecule has 0 fully saturated rings.